The molecule has 0 heterocycles. The van der Waals surface area contributed by atoms with Gasteiger partial charge < -0.3 is 24.6 Å². The molecular formula is C40H69O9P. The van der Waals surface area contributed by atoms with E-state index in [0.717, 1.165) is 77.0 Å². The Morgan fingerprint density at radius 3 is 1.72 bits per heavy atom. The first-order chi connectivity index (χ1) is 24.3. The van der Waals surface area contributed by atoms with E-state index in [1.165, 1.54) is 25.7 Å². The number of hydrogen-bond donors (Lipinski definition) is 3. The molecule has 0 amide bonds. The number of hydrogen-bond acceptors (Lipinski definition) is 8. The Kier molecular flexibility index (Phi) is 35.1. The minimum Gasteiger partial charge on any atom is -0.457 e. The smallest absolute Gasteiger partial charge is 0.457 e. The number of aliphatic hydroxyl groups excluding tert-OH is 2. The quantitative estimate of drug-likeness (QED) is 0.0253. The molecule has 0 rings (SSSR count). The molecular weight excluding hydrogens is 655 g/mol. The number of unbranched alkanes of at least 4 members (excludes halogenated alkanes) is 9. The van der Waals surface area contributed by atoms with Crippen molar-refractivity contribution in [2.24, 2.45) is 0 Å². The molecule has 0 saturated carbocycles. The predicted octanol–water partition coefficient (Wildman–Crippen LogP) is 9.80. The predicted molar refractivity (Wildman–Crippen MR) is 205 cm³/mol. The third-order valence-corrected chi connectivity index (χ3v) is 8.31. The lowest BCUT2D eigenvalue weighted by molar-refractivity contribution is -0.154. The zero-order valence-corrected chi connectivity index (χ0v) is 32.0. The third-order valence-electron chi connectivity index (χ3n) is 7.36. The van der Waals surface area contributed by atoms with Crippen LogP contribution in [0.2, 0.25) is 0 Å². The van der Waals surface area contributed by atoms with Crippen LogP contribution >= 0.6 is 7.82 Å². The molecule has 0 fully saturated rings. The second-order valence-corrected chi connectivity index (χ2v) is 13.7. The Bertz CT molecular complexity index is 1000. The zero-order chi connectivity index (χ0) is 36.8. The Hall–Kier alpha value is -2.10. The van der Waals surface area contributed by atoms with Crippen LogP contribution in [0, 0.1) is 0 Å². The van der Waals surface area contributed by atoms with Crippen molar-refractivity contribution in [2.75, 3.05) is 33.0 Å². The maximum Gasteiger partial charge on any atom is 0.472 e. The Labute approximate surface area is 303 Å². The van der Waals surface area contributed by atoms with Crippen molar-refractivity contribution < 1.29 is 43.0 Å². The molecule has 0 radical (unpaired) electrons. The largest absolute Gasteiger partial charge is 0.472 e. The van der Waals surface area contributed by atoms with Gasteiger partial charge in [-0.2, -0.15) is 0 Å². The molecule has 0 aromatic rings. The Balaban J connectivity index is 4.36. The summed E-state index contributed by atoms with van der Waals surface area (Å²) in [5.74, 6) is -0.431. The number of aliphatic hydroxyl groups is 2. The number of allylic oxidation sites excluding steroid dienone is 12. The molecule has 288 valence electrons. The molecule has 0 aromatic heterocycles. The summed E-state index contributed by atoms with van der Waals surface area (Å²) in [6, 6.07) is 0. The van der Waals surface area contributed by atoms with Gasteiger partial charge >= 0.3 is 13.8 Å². The third kappa shape index (κ3) is 35.7. The fourth-order valence-corrected chi connectivity index (χ4v) is 5.29. The lowest BCUT2D eigenvalue weighted by Crippen LogP contribution is -2.29. The van der Waals surface area contributed by atoms with Crippen LogP contribution in [0.25, 0.3) is 0 Å². The summed E-state index contributed by atoms with van der Waals surface area (Å²) in [6.07, 6.45) is 41.5. The first-order valence-corrected chi connectivity index (χ1v) is 20.4. The number of carbonyl (C=O) groups excluding carboxylic acids is 1. The maximum atomic E-state index is 12.5. The molecule has 9 nitrogen and oxygen atoms in total. The highest BCUT2D eigenvalue weighted by atomic mass is 31.2. The van der Waals surface area contributed by atoms with Crippen LogP contribution in [0.3, 0.4) is 0 Å². The lowest BCUT2D eigenvalue weighted by atomic mass is 10.1. The van der Waals surface area contributed by atoms with Crippen LogP contribution in [0.1, 0.15) is 129 Å². The zero-order valence-electron chi connectivity index (χ0n) is 31.1. The minimum absolute atomic E-state index is 0.0208. The first-order valence-electron chi connectivity index (χ1n) is 18.9. The fourth-order valence-electron chi connectivity index (χ4n) is 4.50. The average molecular weight is 725 g/mol. The van der Waals surface area contributed by atoms with Crippen LogP contribution < -0.4 is 0 Å². The van der Waals surface area contributed by atoms with Crippen molar-refractivity contribution in [1.29, 1.82) is 0 Å². The molecule has 0 aliphatic heterocycles. The summed E-state index contributed by atoms with van der Waals surface area (Å²) in [5.41, 5.74) is 0. The van der Waals surface area contributed by atoms with Gasteiger partial charge in [0.1, 0.15) is 12.2 Å². The number of carbonyl (C=O) groups is 1. The van der Waals surface area contributed by atoms with Crippen molar-refractivity contribution in [3.8, 4) is 0 Å². The van der Waals surface area contributed by atoms with E-state index in [9.17, 15) is 19.4 Å². The van der Waals surface area contributed by atoms with Gasteiger partial charge in [0.2, 0.25) is 0 Å². The number of ether oxygens (including phenoxy) is 2. The summed E-state index contributed by atoms with van der Waals surface area (Å²) in [4.78, 5) is 22.5. The Morgan fingerprint density at radius 2 is 1.14 bits per heavy atom. The van der Waals surface area contributed by atoms with Gasteiger partial charge in [0.15, 0.2) is 0 Å². The molecule has 0 bridgehead atoms. The molecule has 3 unspecified atom stereocenters. The topological polar surface area (TPSA) is 132 Å². The molecule has 3 atom stereocenters. The van der Waals surface area contributed by atoms with Crippen LogP contribution in [0.5, 0.6) is 0 Å². The van der Waals surface area contributed by atoms with E-state index in [1.807, 2.05) is 0 Å². The van der Waals surface area contributed by atoms with Crippen molar-refractivity contribution >= 4 is 13.8 Å². The molecule has 0 aliphatic carbocycles. The van der Waals surface area contributed by atoms with E-state index in [0.29, 0.717) is 13.0 Å². The summed E-state index contributed by atoms with van der Waals surface area (Å²) >= 11 is 0. The number of esters is 1. The van der Waals surface area contributed by atoms with Gasteiger partial charge in [0, 0.05) is 13.0 Å². The molecule has 10 heteroatoms. The van der Waals surface area contributed by atoms with Gasteiger partial charge in [-0.15, -0.1) is 0 Å². The van der Waals surface area contributed by atoms with E-state index in [4.69, 9.17) is 23.6 Å². The SMILES string of the molecule is CC/C=C\C/C=C\C/C=C\C/C=C\CCCCC(=O)OC(COCCCCCCCC/C=C\C/C=C\CCC)COP(=O)(O)OCC(O)CO. The second kappa shape index (κ2) is 36.7. The van der Waals surface area contributed by atoms with Gasteiger partial charge in [-0.1, -0.05) is 119 Å². The summed E-state index contributed by atoms with van der Waals surface area (Å²) < 4.78 is 33.2. The van der Waals surface area contributed by atoms with E-state index < -0.39 is 45.8 Å². The normalized spacial score (nSPS) is 15.1. The van der Waals surface area contributed by atoms with Gasteiger partial charge in [0.25, 0.3) is 0 Å². The number of phosphoric ester groups is 1. The lowest BCUT2D eigenvalue weighted by Gasteiger charge is -2.20. The van der Waals surface area contributed by atoms with Crippen LogP contribution in [0.15, 0.2) is 72.9 Å². The average Bonchev–Trinajstić information content (AvgIpc) is 3.10. The van der Waals surface area contributed by atoms with E-state index >= 15 is 0 Å². The highest BCUT2D eigenvalue weighted by Crippen LogP contribution is 2.43. The fraction of sp³-hybridized carbons (Fsp3) is 0.675. The summed E-state index contributed by atoms with van der Waals surface area (Å²) in [7, 11) is -4.53. The monoisotopic (exact) mass is 724 g/mol. The van der Waals surface area contributed by atoms with Gasteiger partial charge in [-0.05, 0) is 77.0 Å². The van der Waals surface area contributed by atoms with E-state index in [1.54, 1.807) is 0 Å². The molecule has 0 spiro atoms. The van der Waals surface area contributed by atoms with Crippen LogP contribution in [-0.4, -0.2) is 66.3 Å². The molecule has 0 aromatic carbocycles. The van der Waals surface area contributed by atoms with Gasteiger partial charge in [-0.25, -0.2) is 4.57 Å². The van der Waals surface area contributed by atoms with E-state index in [2.05, 4.69) is 86.8 Å². The number of rotatable bonds is 35. The van der Waals surface area contributed by atoms with Crippen molar-refractivity contribution in [2.45, 2.75) is 142 Å². The van der Waals surface area contributed by atoms with Gasteiger partial charge in [0.05, 0.1) is 26.4 Å². The van der Waals surface area contributed by atoms with Gasteiger partial charge in [-0.3, -0.25) is 13.8 Å². The van der Waals surface area contributed by atoms with Crippen LogP contribution in [-0.2, 0) is 27.9 Å². The van der Waals surface area contributed by atoms with Crippen molar-refractivity contribution in [3.63, 3.8) is 0 Å². The highest BCUT2D eigenvalue weighted by Gasteiger charge is 2.26. The number of phosphoric acid groups is 1. The standard InChI is InChI=1S/C40H69O9P/c1-3-5-7-9-11-13-15-17-19-20-22-24-26-28-30-32-40(43)49-39(37-48-50(44,45)47-35-38(42)34-41)36-46-33-31-29-27-25-23-21-18-16-14-12-10-8-6-4-2/h5,7-8,10-11,13-14,16-17,19,22,24,38-39,41-42H,3-4,6,9,12,15,18,20-21,23,25-37H2,1-2H3,(H,44,45)/b7-5-,10-8-,13-11-,16-14-,19-17-,24-22-. The molecule has 0 aliphatic rings. The molecule has 50 heavy (non-hydrogen) atoms. The second-order valence-electron chi connectivity index (χ2n) is 12.2. The summed E-state index contributed by atoms with van der Waals surface area (Å²) in [5, 5.41) is 18.3. The summed E-state index contributed by atoms with van der Waals surface area (Å²) in [6.45, 7) is 3.22. The highest BCUT2D eigenvalue weighted by molar-refractivity contribution is 7.47. The molecule has 3 N–H and O–H groups in total. The Morgan fingerprint density at radius 1 is 0.640 bits per heavy atom. The molecule has 0 saturated heterocycles. The van der Waals surface area contributed by atoms with Crippen molar-refractivity contribution in [1.82, 2.24) is 0 Å². The maximum absolute atomic E-state index is 12.5. The van der Waals surface area contributed by atoms with E-state index in [-0.39, 0.29) is 13.0 Å². The first kappa shape index (κ1) is 47.9. The van der Waals surface area contributed by atoms with Crippen molar-refractivity contribution in [3.05, 3.63) is 72.9 Å². The minimum atomic E-state index is -4.53. The van der Waals surface area contributed by atoms with Crippen LogP contribution in [0.4, 0.5) is 0 Å².